The van der Waals surface area contributed by atoms with E-state index in [2.05, 4.69) is 5.32 Å². The van der Waals surface area contributed by atoms with Gasteiger partial charge in [0.1, 0.15) is 12.0 Å². The second-order valence-electron chi connectivity index (χ2n) is 5.03. The van der Waals surface area contributed by atoms with Crippen molar-refractivity contribution in [2.45, 2.75) is 25.8 Å². The number of hydrogen-bond donors (Lipinski definition) is 1. The molecule has 1 aromatic rings. The van der Waals surface area contributed by atoms with E-state index < -0.39 is 4.92 Å². The fourth-order valence-electron chi connectivity index (χ4n) is 2.47. The first-order valence-corrected chi connectivity index (χ1v) is 6.69. The van der Waals surface area contributed by atoms with E-state index in [1.165, 1.54) is 6.07 Å². The number of aldehydes is 1. The summed E-state index contributed by atoms with van der Waals surface area (Å²) in [4.78, 5) is 21.3. The van der Waals surface area contributed by atoms with E-state index in [0.29, 0.717) is 23.5 Å². The van der Waals surface area contributed by atoms with Crippen molar-refractivity contribution in [1.82, 2.24) is 0 Å². The predicted octanol–water partition coefficient (Wildman–Crippen LogP) is 2.63. The molecule has 6 nitrogen and oxygen atoms in total. The molecule has 1 aliphatic rings. The summed E-state index contributed by atoms with van der Waals surface area (Å²) in [7, 11) is 0. The van der Waals surface area contributed by atoms with Gasteiger partial charge in [-0.2, -0.15) is 0 Å². The minimum atomic E-state index is -0.466. The number of hydrogen-bond acceptors (Lipinski definition) is 5. The Morgan fingerprint density at radius 1 is 1.45 bits per heavy atom. The molecule has 1 saturated heterocycles. The molecule has 6 heteroatoms. The van der Waals surface area contributed by atoms with Crippen LogP contribution in [0.25, 0.3) is 0 Å². The van der Waals surface area contributed by atoms with E-state index in [1.54, 1.807) is 12.1 Å². The number of nitro benzene ring substituents is 1. The summed E-state index contributed by atoms with van der Waals surface area (Å²) in [5.74, 6) is 0.439. The number of benzene rings is 1. The molecule has 1 atom stereocenters. The average Bonchev–Trinajstić information content (AvgIpc) is 2.48. The van der Waals surface area contributed by atoms with Crippen molar-refractivity contribution >= 4 is 17.7 Å². The number of ether oxygens (including phenoxy) is 1. The normalized spacial score (nSPS) is 17.4. The molecule has 108 valence electrons. The molecule has 1 heterocycles. The highest BCUT2D eigenvalue weighted by atomic mass is 16.6. The topological polar surface area (TPSA) is 81.5 Å². The number of nitro groups is 1. The average molecular weight is 278 g/mol. The Morgan fingerprint density at radius 2 is 2.15 bits per heavy atom. The second kappa shape index (κ2) is 6.47. The van der Waals surface area contributed by atoms with Crippen molar-refractivity contribution in [3.05, 3.63) is 33.9 Å². The SMILES string of the molecule is CC(Nc1ccc(C=O)cc1[N+](=O)[O-])C1CCOCC1. The first-order valence-electron chi connectivity index (χ1n) is 6.69. The smallest absolute Gasteiger partial charge is 0.293 e. The Balaban J connectivity index is 2.15. The maximum atomic E-state index is 11.1. The lowest BCUT2D eigenvalue weighted by Gasteiger charge is -2.28. The summed E-state index contributed by atoms with van der Waals surface area (Å²) in [6.45, 7) is 3.50. The summed E-state index contributed by atoms with van der Waals surface area (Å²) < 4.78 is 5.32. The Hall–Kier alpha value is -1.95. The van der Waals surface area contributed by atoms with Crippen LogP contribution in [0.1, 0.15) is 30.1 Å². The highest BCUT2D eigenvalue weighted by molar-refractivity contribution is 5.79. The van der Waals surface area contributed by atoms with Gasteiger partial charge in [-0.25, -0.2) is 0 Å². The van der Waals surface area contributed by atoms with Gasteiger partial charge < -0.3 is 10.1 Å². The van der Waals surface area contributed by atoms with Crippen LogP contribution in [0.15, 0.2) is 18.2 Å². The van der Waals surface area contributed by atoms with Gasteiger partial charge in [-0.15, -0.1) is 0 Å². The fraction of sp³-hybridized carbons (Fsp3) is 0.500. The van der Waals surface area contributed by atoms with Crippen LogP contribution in [0.2, 0.25) is 0 Å². The lowest BCUT2D eigenvalue weighted by molar-refractivity contribution is -0.384. The summed E-state index contributed by atoms with van der Waals surface area (Å²) in [6.07, 6.45) is 2.52. The fourth-order valence-corrected chi connectivity index (χ4v) is 2.47. The van der Waals surface area contributed by atoms with Gasteiger partial charge in [0, 0.05) is 30.9 Å². The van der Waals surface area contributed by atoms with Crippen molar-refractivity contribution in [1.29, 1.82) is 0 Å². The third-order valence-corrected chi connectivity index (χ3v) is 3.71. The van der Waals surface area contributed by atoms with E-state index in [1.807, 2.05) is 6.92 Å². The van der Waals surface area contributed by atoms with E-state index in [0.717, 1.165) is 26.1 Å². The third kappa shape index (κ3) is 3.33. The Bertz CT molecular complexity index is 498. The molecule has 0 radical (unpaired) electrons. The highest BCUT2D eigenvalue weighted by Crippen LogP contribution is 2.28. The van der Waals surface area contributed by atoms with Crippen LogP contribution < -0.4 is 5.32 Å². The summed E-state index contributed by atoms with van der Waals surface area (Å²) >= 11 is 0. The van der Waals surface area contributed by atoms with E-state index in [9.17, 15) is 14.9 Å². The van der Waals surface area contributed by atoms with Gasteiger partial charge in [-0.05, 0) is 37.8 Å². The number of nitrogens with zero attached hydrogens (tertiary/aromatic N) is 1. The van der Waals surface area contributed by atoms with Crippen molar-refractivity contribution in [3.63, 3.8) is 0 Å². The number of carbonyl (C=O) groups is 1. The first kappa shape index (κ1) is 14.5. The maximum absolute atomic E-state index is 11.1. The molecule has 0 aliphatic carbocycles. The van der Waals surface area contributed by atoms with Crippen LogP contribution in [-0.4, -0.2) is 30.5 Å². The van der Waals surface area contributed by atoms with Crippen molar-refractivity contribution in [2.24, 2.45) is 5.92 Å². The molecular weight excluding hydrogens is 260 g/mol. The van der Waals surface area contributed by atoms with Gasteiger partial charge in [0.15, 0.2) is 0 Å². The lowest BCUT2D eigenvalue weighted by Crippen LogP contribution is -2.31. The quantitative estimate of drug-likeness (QED) is 0.508. The molecule has 1 fully saturated rings. The molecule has 1 aliphatic heterocycles. The molecule has 1 unspecified atom stereocenters. The molecule has 0 saturated carbocycles. The number of carbonyl (C=O) groups excluding carboxylic acids is 1. The zero-order chi connectivity index (χ0) is 14.5. The summed E-state index contributed by atoms with van der Waals surface area (Å²) in [5.41, 5.74) is 0.703. The molecule has 2 rings (SSSR count). The van der Waals surface area contributed by atoms with E-state index in [4.69, 9.17) is 4.74 Å². The van der Waals surface area contributed by atoms with E-state index in [-0.39, 0.29) is 11.7 Å². The van der Waals surface area contributed by atoms with Gasteiger partial charge in [0.25, 0.3) is 5.69 Å². The zero-order valence-corrected chi connectivity index (χ0v) is 11.4. The van der Waals surface area contributed by atoms with Crippen molar-refractivity contribution < 1.29 is 14.5 Å². The minimum absolute atomic E-state index is 0.0616. The molecular formula is C14H18N2O4. The van der Waals surface area contributed by atoms with Crippen LogP contribution in [-0.2, 0) is 4.74 Å². The predicted molar refractivity (Wildman–Crippen MR) is 75.1 cm³/mol. The monoisotopic (exact) mass is 278 g/mol. The molecule has 1 aromatic carbocycles. The summed E-state index contributed by atoms with van der Waals surface area (Å²) in [5, 5.41) is 14.3. The molecule has 0 amide bonds. The molecule has 0 aromatic heterocycles. The maximum Gasteiger partial charge on any atom is 0.293 e. The number of anilines is 1. The molecule has 0 spiro atoms. The van der Waals surface area contributed by atoms with Crippen LogP contribution >= 0.6 is 0 Å². The number of nitrogens with one attached hydrogen (secondary N) is 1. The standard InChI is InChI=1S/C14H18N2O4/c1-10(12-4-6-20-7-5-12)15-13-3-2-11(9-17)8-14(13)16(18)19/h2-3,8-10,12,15H,4-7H2,1H3. The van der Waals surface area contributed by atoms with Crippen molar-refractivity contribution in [3.8, 4) is 0 Å². The molecule has 1 N–H and O–H groups in total. The zero-order valence-electron chi connectivity index (χ0n) is 11.4. The Kier molecular flexibility index (Phi) is 4.68. The minimum Gasteiger partial charge on any atom is -0.381 e. The van der Waals surface area contributed by atoms with Gasteiger partial charge in [0.2, 0.25) is 0 Å². The third-order valence-electron chi connectivity index (χ3n) is 3.71. The van der Waals surface area contributed by atoms with Crippen LogP contribution in [0.3, 0.4) is 0 Å². The van der Waals surface area contributed by atoms with Crippen LogP contribution in [0.5, 0.6) is 0 Å². The largest absolute Gasteiger partial charge is 0.381 e. The van der Waals surface area contributed by atoms with Gasteiger partial charge in [-0.1, -0.05) is 0 Å². The van der Waals surface area contributed by atoms with Crippen molar-refractivity contribution in [2.75, 3.05) is 18.5 Å². The molecule has 0 bridgehead atoms. The number of rotatable bonds is 5. The van der Waals surface area contributed by atoms with Gasteiger partial charge in [-0.3, -0.25) is 14.9 Å². The van der Waals surface area contributed by atoms with Gasteiger partial charge >= 0.3 is 0 Å². The lowest BCUT2D eigenvalue weighted by atomic mass is 9.92. The van der Waals surface area contributed by atoms with Crippen LogP contribution in [0.4, 0.5) is 11.4 Å². The van der Waals surface area contributed by atoms with Crippen LogP contribution in [0, 0.1) is 16.0 Å². The first-order chi connectivity index (χ1) is 9.61. The summed E-state index contributed by atoms with van der Waals surface area (Å²) in [6, 6.07) is 4.60. The highest BCUT2D eigenvalue weighted by Gasteiger charge is 2.23. The second-order valence-corrected chi connectivity index (χ2v) is 5.03. The van der Waals surface area contributed by atoms with E-state index >= 15 is 0 Å². The Morgan fingerprint density at radius 3 is 2.75 bits per heavy atom. The Labute approximate surface area is 117 Å². The molecule has 20 heavy (non-hydrogen) atoms. The van der Waals surface area contributed by atoms with Gasteiger partial charge in [0.05, 0.1) is 4.92 Å².